The summed E-state index contributed by atoms with van der Waals surface area (Å²) in [6.45, 7) is 3.30. The Morgan fingerprint density at radius 3 is 2.94 bits per heavy atom. The molecule has 4 heteroatoms. The molecule has 0 aliphatic carbocycles. The molecule has 1 saturated heterocycles. The van der Waals surface area contributed by atoms with Gasteiger partial charge in [0.25, 0.3) is 5.91 Å². The molecule has 1 aromatic carbocycles. The number of aromatic nitrogens is 1. The quantitative estimate of drug-likeness (QED) is 0.765. The van der Waals surface area contributed by atoms with E-state index < -0.39 is 0 Å². The summed E-state index contributed by atoms with van der Waals surface area (Å²) in [7, 11) is 0. The third kappa shape index (κ3) is 1.80. The fourth-order valence-electron chi connectivity index (χ4n) is 2.23. The normalized spacial score (nSPS) is 16.4. The van der Waals surface area contributed by atoms with Crippen molar-refractivity contribution in [2.75, 3.05) is 26.2 Å². The number of piperazine rings is 1. The van der Waals surface area contributed by atoms with Gasteiger partial charge in [-0.1, -0.05) is 12.1 Å². The molecule has 1 aliphatic heterocycles. The number of aromatic amines is 1. The number of H-pyrrole nitrogens is 1. The van der Waals surface area contributed by atoms with Crippen LogP contribution in [-0.4, -0.2) is 42.0 Å². The Labute approximate surface area is 99.6 Å². The highest BCUT2D eigenvalue weighted by Crippen LogP contribution is 2.18. The summed E-state index contributed by atoms with van der Waals surface area (Å²) < 4.78 is 0. The molecule has 1 aromatic heterocycles. The molecule has 0 atom stereocenters. The summed E-state index contributed by atoms with van der Waals surface area (Å²) in [4.78, 5) is 17.4. The van der Waals surface area contributed by atoms with Crippen molar-refractivity contribution in [2.45, 2.75) is 0 Å². The first-order valence-electron chi connectivity index (χ1n) is 5.84. The van der Waals surface area contributed by atoms with Crippen LogP contribution in [0.4, 0.5) is 0 Å². The number of para-hydroxylation sites is 1. The van der Waals surface area contributed by atoms with Crippen LogP contribution in [-0.2, 0) is 0 Å². The van der Waals surface area contributed by atoms with Gasteiger partial charge in [0.15, 0.2) is 0 Å². The molecule has 3 rings (SSSR count). The second kappa shape index (κ2) is 4.22. The fraction of sp³-hybridized carbons (Fsp3) is 0.308. The first kappa shape index (κ1) is 10.4. The first-order valence-corrected chi connectivity index (χ1v) is 5.84. The minimum atomic E-state index is 0.105. The SMILES string of the molecule is O=C(c1cccc2[c]c[nH]c12)N1CCNCC1. The summed E-state index contributed by atoms with van der Waals surface area (Å²) in [6.07, 6.45) is 1.75. The molecular formula is C13H14N3O. The Bertz CT molecular complexity index is 540. The molecule has 2 aromatic rings. The summed E-state index contributed by atoms with van der Waals surface area (Å²) in [5.74, 6) is 0.105. The lowest BCUT2D eigenvalue weighted by Gasteiger charge is -2.27. The van der Waals surface area contributed by atoms with Gasteiger partial charge >= 0.3 is 0 Å². The molecule has 1 amide bonds. The number of nitrogens with zero attached hydrogens (tertiary/aromatic N) is 1. The van der Waals surface area contributed by atoms with Crippen LogP contribution < -0.4 is 5.32 Å². The largest absolute Gasteiger partial charge is 0.360 e. The van der Waals surface area contributed by atoms with Crippen molar-refractivity contribution in [3.63, 3.8) is 0 Å². The number of carbonyl (C=O) groups excluding carboxylic acids is 1. The Kier molecular flexibility index (Phi) is 2.57. The summed E-state index contributed by atoms with van der Waals surface area (Å²) in [6, 6.07) is 8.81. The van der Waals surface area contributed by atoms with Gasteiger partial charge in [0.05, 0.1) is 11.1 Å². The molecule has 2 N–H and O–H groups in total. The molecule has 1 aliphatic rings. The first-order chi connectivity index (χ1) is 8.36. The molecule has 0 spiro atoms. The van der Waals surface area contributed by atoms with Gasteiger partial charge in [-0.25, -0.2) is 0 Å². The Hall–Kier alpha value is -1.81. The second-order valence-corrected chi connectivity index (χ2v) is 4.20. The van der Waals surface area contributed by atoms with E-state index in [9.17, 15) is 4.79 Å². The Morgan fingerprint density at radius 2 is 2.12 bits per heavy atom. The maximum Gasteiger partial charge on any atom is 0.256 e. The maximum atomic E-state index is 12.4. The van der Waals surface area contributed by atoms with Crippen molar-refractivity contribution in [3.05, 3.63) is 36.0 Å². The van der Waals surface area contributed by atoms with E-state index in [-0.39, 0.29) is 5.91 Å². The van der Waals surface area contributed by atoms with Gasteiger partial charge in [-0.3, -0.25) is 4.79 Å². The van der Waals surface area contributed by atoms with Crippen LogP contribution in [0.15, 0.2) is 24.4 Å². The zero-order valence-corrected chi connectivity index (χ0v) is 9.49. The number of rotatable bonds is 1. The lowest BCUT2D eigenvalue weighted by molar-refractivity contribution is 0.0737. The van der Waals surface area contributed by atoms with E-state index in [1.54, 1.807) is 6.20 Å². The smallest absolute Gasteiger partial charge is 0.256 e. The Morgan fingerprint density at radius 1 is 1.29 bits per heavy atom. The van der Waals surface area contributed by atoms with Gasteiger partial charge in [-0.15, -0.1) is 0 Å². The number of hydrogen-bond donors (Lipinski definition) is 2. The van der Waals surface area contributed by atoms with E-state index in [2.05, 4.69) is 16.4 Å². The molecule has 17 heavy (non-hydrogen) atoms. The molecule has 1 radical (unpaired) electrons. The fourth-order valence-corrected chi connectivity index (χ4v) is 2.23. The monoisotopic (exact) mass is 228 g/mol. The van der Waals surface area contributed by atoms with Crippen LogP contribution >= 0.6 is 0 Å². The standard InChI is InChI=1S/C13H14N3O/c17-13(16-8-6-14-7-9-16)11-3-1-2-10-4-5-15-12(10)11/h1-3,5,14-15H,6-9H2. The number of fused-ring (bicyclic) bond motifs is 1. The van der Waals surface area contributed by atoms with Crippen molar-refractivity contribution in [3.8, 4) is 0 Å². The summed E-state index contributed by atoms with van der Waals surface area (Å²) in [5.41, 5.74) is 1.63. The van der Waals surface area contributed by atoms with E-state index in [1.807, 2.05) is 23.1 Å². The van der Waals surface area contributed by atoms with Crippen molar-refractivity contribution < 1.29 is 4.79 Å². The van der Waals surface area contributed by atoms with Crippen LogP contribution in [0.1, 0.15) is 10.4 Å². The van der Waals surface area contributed by atoms with E-state index in [1.165, 1.54) is 0 Å². The van der Waals surface area contributed by atoms with Gasteiger partial charge in [0.2, 0.25) is 0 Å². The lowest BCUT2D eigenvalue weighted by Crippen LogP contribution is -2.46. The third-order valence-electron chi connectivity index (χ3n) is 3.14. The molecule has 4 nitrogen and oxygen atoms in total. The van der Waals surface area contributed by atoms with Gasteiger partial charge in [0.1, 0.15) is 0 Å². The topological polar surface area (TPSA) is 48.1 Å². The number of amides is 1. The Balaban J connectivity index is 1.97. The van der Waals surface area contributed by atoms with E-state index in [4.69, 9.17) is 0 Å². The molecule has 87 valence electrons. The number of hydrogen-bond acceptors (Lipinski definition) is 2. The molecule has 0 saturated carbocycles. The van der Waals surface area contributed by atoms with Crippen LogP contribution in [0, 0.1) is 6.07 Å². The van der Waals surface area contributed by atoms with Crippen molar-refractivity contribution in [1.29, 1.82) is 0 Å². The van der Waals surface area contributed by atoms with Crippen LogP contribution in [0.5, 0.6) is 0 Å². The lowest BCUT2D eigenvalue weighted by atomic mass is 10.1. The minimum absolute atomic E-state index is 0.105. The average molecular weight is 228 g/mol. The van der Waals surface area contributed by atoms with E-state index in [0.29, 0.717) is 0 Å². The third-order valence-corrected chi connectivity index (χ3v) is 3.14. The highest BCUT2D eigenvalue weighted by Gasteiger charge is 2.19. The van der Waals surface area contributed by atoms with Crippen LogP contribution in [0.2, 0.25) is 0 Å². The van der Waals surface area contributed by atoms with Gasteiger partial charge < -0.3 is 15.2 Å². The zero-order chi connectivity index (χ0) is 11.7. The predicted molar refractivity (Wildman–Crippen MR) is 65.9 cm³/mol. The molecule has 0 unspecified atom stereocenters. The van der Waals surface area contributed by atoms with E-state index >= 15 is 0 Å². The number of nitrogens with one attached hydrogen (secondary N) is 2. The van der Waals surface area contributed by atoms with Crippen molar-refractivity contribution in [1.82, 2.24) is 15.2 Å². The predicted octanol–water partition coefficient (Wildman–Crippen LogP) is 1.01. The van der Waals surface area contributed by atoms with E-state index in [0.717, 1.165) is 42.6 Å². The van der Waals surface area contributed by atoms with Crippen molar-refractivity contribution >= 4 is 16.8 Å². The highest BCUT2D eigenvalue weighted by molar-refractivity contribution is 6.05. The van der Waals surface area contributed by atoms with Gasteiger partial charge in [0, 0.05) is 43.8 Å². The maximum absolute atomic E-state index is 12.4. The van der Waals surface area contributed by atoms with Crippen molar-refractivity contribution in [2.24, 2.45) is 0 Å². The number of benzene rings is 1. The zero-order valence-electron chi connectivity index (χ0n) is 9.49. The molecule has 0 bridgehead atoms. The molecule has 1 fully saturated rings. The average Bonchev–Trinajstić information content (AvgIpc) is 2.87. The summed E-state index contributed by atoms with van der Waals surface area (Å²) in [5, 5.41) is 4.21. The molecular weight excluding hydrogens is 214 g/mol. The van der Waals surface area contributed by atoms with Crippen LogP contribution in [0.25, 0.3) is 10.9 Å². The van der Waals surface area contributed by atoms with Gasteiger partial charge in [-0.2, -0.15) is 0 Å². The summed E-state index contributed by atoms with van der Waals surface area (Å²) >= 11 is 0. The number of carbonyl (C=O) groups is 1. The second-order valence-electron chi connectivity index (χ2n) is 4.20. The highest BCUT2D eigenvalue weighted by atomic mass is 16.2. The van der Waals surface area contributed by atoms with Crippen LogP contribution in [0.3, 0.4) is 0 Å². The minimum Gasteiger partial charge on any atom is -0.360 e. The molecule has 2 heterocycles. The van der Waals surface area contributed by atoms with Gasteiger partial charge in [-0.05, 0) is 6.07 Å².